The number of likely N-dealkylation sites (tertiary alicyclic amines) is 1. The van der Waals surface area contributed by atoms with E-state index >= 15 is 0 Å². The average Bonchev–Trinajstić information content (AvgIpc) is 2.57. The summed E-state index contributed by atoms with van der Waals surface area (Å²) in [4.78, 5) is 14.4. The predicted molar refractivity (Wildman–Crippen MR) is 95.5 cm³/mol. The Morgan fingerprint density at radius 3 is 3.00 bits per heavy atom. The van der Waals surface area contributed by atoms with Gasteiger partial charge in [-0.2, -0.15) is 11.8 Å². The van der Waals surface area contributed by atoms with Crippen LogP contribution in [-0.2, 0) is 4.74 Å². The topological polar surface area (TPSA) is 50.8 Å². The minimum atomic E-state index is -0.0430. The van der Waals surface area contributed by atoms with Crippen molar-refractivity contribution < 1.29 is 14.3 Å². The maximum atomic E-state index is 12.5. The first kappa shape index (κ1) is 17.9. The van der Waals surface area contributed by atoms with Gasteiger partial charge in [0.2, 0.25) is 0 Å². The molecule has 1 aromatic carbocycles. The predicted octanol–water partition coefficient (Wildman–Crippen LogP) is 3.32. The molecule has 2 amide bonds. The van der Waals surface area contributed by atoms with Gasteiger partial charge in [0.05, 0.1) is 12.3 Å². The van der Waals surface area contributed by atoms with E-state index in [9.17, 15) is 4.79 Å². The summed E-state index contributed by atoms with van der Waals surface area (Å²) in [5.74, 6) is 2.38. The van der Waals surface area contributed by atoms with Crippen molar-refractivity contribution >= 4 is 23.5 Å². The van der Waals surface area contributed by atoms with Crippen molar-refractivity contribution in [3.05, 3.63) is 24.3 Å². The van der Waals surface area contributed by atoms with E-state index in [1.807, 2.05) is 40.9 Å². The summed E-state index contributed by atoms with van der Waals surface area (Å²) in [6.07, 6.45) is 4.40. The summed E-state index contributed by atoms with van der Waals surface area (Å²) < 4.78 is 10.7. The summed E-state index contributed by atoms with van der Waals surface area (Å²) in [6.45, 7) is 2.64. The molecule has 2 rings (SSSR count). The van der Waals surface area contributed by atoms with Gasteiger partial charge in [-0.15, -0.1) is 0 Å². The highest BCUT2D eigenvalue weighted by atomic mass is 32.2. The molecule has 0 radical (unpaired) electrons. The third-order valence-electron chi connectivity index (χ3n) is 3.88. The van der Waals surface area contributed by atoms with Gasteiger partial charge >= 0.3 is 6.03 Å². The number of nitrogens with one attached hydrogen (secondary N) is 1. The number of methoxy groups -OCH3 is 1. The fourth-order valence-corrected chi connectivity index (χ4v) is 3.49. The third kappa shape index (κ3) is 5.62. The average molecular weight is 338 g/mol. The van der Waals surface area contributed by atoms with E-state index in [0.717, 1.165) is 25.3 Å². The molecule has 0 bridgehead atoms. The summed E-state index contributed by atoms with van der Waals surface area (Å²) >= 11 is 1.85. The molecule has 0 saturated carbocycles. The molecule has 1 fully saturated rings. The number of nitrogens with zero attached hydrogens (tertiary/aromatic N) is 1. The zero-order chi connectivity index (χ0) is 16.5. The lowest BCUT2D eigenvalue weighted by Crippen LogP contribution is -2.43. The number of carbonyl (C=O) groups excluding carboxylic acids is 1. The monoisotopic (exact) mass is 338 g/mol. The SMILES string of the molecule is COCCOc1ccccc1NC(=O)N1CCC[C@H](CSC)C1. The number of rotatable bonds is 7. The molecule has 1 N–H and O–H groups in total. The van der Waals surface area contributed by atoms with Gasteiger partial charge in [-0.3, -0.25) is 0 Å². The quantitative estimate of drug-likeness (QED) is 0.775. The number of benzene rings is 1. The largest absolute Gasteiger partial charge is 0.489 e. The van der Waals surface area contributed by atoms with E-state index in [-0.39, 0.29) is 6.03 Å². The van der Waals surface area contributed by atoms with Crippen molar-refractivity contribution in [2.75, 3.05) is 50.7 Å². The summed E-state index contributed by atoms with van der Waals surface area (Å²) in [5.41, 5.74) is 0.709. The number of anilines is 1. The molecule has 0 unspecified atom stereocenters. The number of hydrogen-bond donors (Lipinski definition) is 1. The first-order valence-corrected chi connectivity index (χ1v) is 9.39. The minimum absolute atomic E-state index is 0.0430. The minimum Gasteiger partial charge on any atom is -0.489 e. The first-order chi connectivity index (χ1) is 11.2. The molecule has 1 heterocycles. The highest BCUT2D eigenvalue weighted by molar-refractivity contribution is 7.98. The summed E-state index contributed by atoms with van der Waals surface area (Å²) in [6, 6.07) is 7.47. The maximum absolute atomic E-state index is 12.5. The van der Waals surface area contributed by atoms with Crippen molar-refractivity contribution in [1.82, 2.24) is 4.90 Å². The van der Waals surface area contributed by atoms with Crippen LogP contribution in [0.1, 0.15) is 12.8 Å². The molecule has 0 aromatic heterocycles. The zero-order valence-corrected chi connectivity index (χ0v) is 14.7. The molecule has 0 aliphatic carbocycles. The van der Waals surface area contributed by atoms with Crippen LogP contribution < -0.4 is 10.1 Å². The van der Waals surface area contributed by atoms with E-state index in [2.05, 4.69) is 11.6 Å². The Morgan fingerprint density at radius 1 is 1.39 bits per heavy atom. The Kier molecular flexibility index (Phi) is 7.55. The Balaban J connectivity index is 1.94. The van der Waals surface area contributed by atoms with Gasteiger partial charge in [0, 0.05) is 20.2 Å². The number of hydrogen-bond acceptors (Lipinski definition) is 4. The number of urea groups is 1. The Bertz CT molecular complexity index is 496. The number of piperidine rings is 1. The molecule has 1 aliphatic heterocycles. The number of amides is 2. The lowest BCUT2D eigenvalue weighted by atomic mass is 10.0. The molecule has 128 valence electrons. The van der Waals surface area contributed by atoms with Gasteiger partial charge in [0.15, 0.2) is 0 Å². The van der Waals surface area contributed by atoms with Crippen LogP contribution in [0.4, 0.5) is 10.5 Å². The smallest absolute Gasteiger partial charge is 0.321 e. The van der Waals surface area contributed by atoms with Gasteiger partial charge in [-0.25, -0.2) is 4.79 Å². The van der Waals surface area contributed by atoms with Crippen LogP contribution >= 0.6 is 11.8 Å². The van der Waals surface area contributed by atoms with Crippen molar-refractivity contribution in [2.24, 2.45) is 5.92 Å². The van der Waals surface area contributed by atoms with Crippen LogP contribution in [0, 0.1) is 5.92 Å². The molecule has 1 aromatic rings. The second kappa shape index (κ2) is 9.67. The Labute approximate surface area is 142 Å². The van der Waals surface area contributed by atoms with Crippen molar-refractivity contribution in [1.29, 1.82) is 0 Å². The van der Waals surface area contributed by atoms with Crippen LogP contribution in [0.5, 0.6) is 5.75 Å². The van der Waals surface area contributed by atoms with E-state index < -0.39 is 0 Å². The van der Waals surface area contributed by atoms with Crippen molar-refractivity contribution in [3.8, 4) is 5.75 Å². The Morgan fingerprint density at radius 2 is 2.22 bits per heavy atom. The van der Waals surface area contributed by atoms with E-state index in [1.54, 1.807) is 7.11 Å². The van der Waals surface area contributed by atoms with Crippen LogP contribution in [0.3, 0.4) is 0 Å². The number of ether oxygens (including phenoxy) is 2. The maximum Gasteiger partial charge on any atom is 0.321 e. The van der Waals surface area contributed by atoms with E-state index in [1.165, 1.54) is 6.42 Å². The first-order valence-electron chi connectivity index (χ1n) is 8.00. The Hall–Kier alpha value is -1.40. The second-order valence-corrected chi connectivity index (χ2v) is 6.59. The molecule has 6 heteroatoms. The van der Waals surface area contributed by atoms with Crippen LogP contribution in [0.15, 0.2) is 24.3 Å². The highest BCUT2D eigenvalue weighted by Crippen LogP contribution is 2.25. The van der Waals surface area contributed by atoms with Gasteiger partial charge in [-0.1, -0.05) is 12.1 Å². The lowest BCUT2D eigenvalue weighted by molar-refractivity contribution is 0.146. The molecule has 1 saturated heterocycles. The molecular formula is C17H26N2O3S. The van der Waals surface area contributed by atoms with Gasteiger partial charge in [-0.05, 0) is 42.9 Å². The van der Waals surface area contributed by atoms with E-state index in [4.69, 9.17) is 9.47 Å². The number of para-hydroxylation sites is 2. The van der Waals surface area contributed by atoms with Crippen LogP contribution in [0.2, 0.25) is 0 Å². The van der Waals surface area contributed by atoms with Crippen molar-refractivity contribution in [2.45, 2.75) is 12.8 Å². The van der Waals surface area contributed by atoms with Gasteiger partial charge in [0.25, 0.3) is 0 Å². The highest BCUT2D eigenvalue weighted by Gasteiger charge is 2.23. The molecule has 23 heavy (non-hydrogen) atoms. The molecule has 5 nitrogen and oxygen atoms in total. The second-order valence-electron chi connectivity index (χ2n) is 5.68. The number of carbonyl (C=O) groups is 1. The normalized spacial score (nSPS) is 17.8. The van der Waals surface area contributed by atoms with Gasteiger partial charge in [0.1, 0.15) is 12.4 Å². The fraction of sp³-hybridized carbons (Fsp3) is 0.588. The molecule has 1 aliphatic rings. The summed E-state index contributed by atoms with van der Waals surface area (Å²) in [5, 5.41) is 2.98. The summed E-state index contributed by atoms with van der Waals surface area (Å²) in [7, 11) is 1.64. The fourth-order valence-electron chi connectivity index (χ4n) is 2.75. The zero-order valence-electron chi connectivity index (χ0n) is 13.9. The van der Waals surface area contributed by atoms with Gasteiger partial charge < -0.3 is 19.7 Å². The van der Waals surface area contributed by atoms with Crippen LogP contribution in [0.25, 0.3) is 0 Å². The lowest BCUT2D eigenvalue weighted by Gasteiger charge is -2.32. The third-order valence-corrected chi connectivity index (χ3v) is 4.69. The van der Waals surface area contributed by atoms with E-state index in [0.29, 0.717) is 30.6 Å². The van der Waals surface area contributed by atoms with Crippen LogP contribution in [-0.4, -0.2) is 56.4 Å². The number of thioether (sulfide) groups is 1. The standard InChI is InChI=1S/C17H26N2O3S/c1-21-10-11-22-16-8-4-3-7-15(16)18-17(20)19-9-5-6-14(12-19)13-23-2/h3-4,7-8,14H,5-6,9-13H2,1-2H3,(H,18,20)/t14-/m0/s1. The molecule has 1 atom stereocenters. The molecule has 0 spiro atoms. The van der Waals surface area contributed by atoms with Crippen molar-refractivity contribution in [3.63, 3.8) is 0 Å². The molecular weight excluding hydrogens is 312 g/mol.